The van der Waals surface area contributed by atoms with Crippen molar-refractivity contribution >= 4 is 5.97 Å². The van der Waals surface area contributed by atoms with Crippen LogP contribution in [0.3, 0.4) is 0 Å². The zero-order valence-electron chi connectivity index (χ0n) is 10.9. The summed E-state index contributed by atoms with van der Waals surface area (Å²) in [6, 6.07) is 9.56. The molecule has 1 aromatic carbocycles. The quantitative estimate of drug-likeness (QED) is 0.811. The minimum absolute atomic E-state index is 0.141. The summed E-state index contributed by atoms with van der Waals surface area (Å²) in [4.78, 5) is 11.6. The van der Waals surface area contributed by atoms with Gasteiger partial charge in [0.05, 0.1) is 5.41 Å². The maximum Gasteiger partial charge on any atom is 0.314 e. The minimum Gasteiger partial charge on any atom is -0.481 e. The van der Waals surface area contributed by atoms with E-state index in [-0.39, 0.29) is 5.92 Å². The molecule has 0 spiro atoms. The van der Waals surface area contributed by atoms with Crippen molar-refractivity contribution in [3.63, 3.8) is 0 Å². The molecule has 0 fully saturated rings. The standard InChI is InChI=1S/C15H22O2/c1-4-5-9-12(2)15(3,14(16)17)13-10-7-6-8-11-13/h6-8,10-12H,4-5,9H2,1-3H3,(H,16,17). The van der Waals surface area contributed by atoms with Crippen molar-refractivity contribution in [2.75, 3.05) is 0 Å². The molecule has 1 rings (SSSR count). The molecule has 0 aliphatic heterocycles. The number of benzene rings is 1. The molecular formula is C15H22O2. The summed E-state index contributed by atoms with van der Waals surface area (Å²) in [6.07, 6.45) is 3.14. The highest BCUT2D eigenvalue weighted by Gasteiger charge is 2.40. The van der Waals surface area contributed by atoms with Gasteiger partial charge in [0.25, 0.3) is 0 Å². The molecule has 2 nitrogen and oxygen atoms in total. The molecule has 17 heavy (non-hydrogen) atoms. The van der Waals surface area contributed by atoms with E-state index in [1.54, 1.807) is 0 Å². The first-order valence-corrected chi connectivity index (χ1v) is 6.32. The second-order valence-electron chi connectivity index (χ2n) is 4.92. The van der Waals surface area contributed by atoms with Gasteiger partial charge < -0.3 is 5.11 Å². The molecule has 0 heterocycles. The molecule has 0 aliphatic rings. The Balaban J connectivity index is 3.01. The third-order valence-corrected chi connectivity index (χ3v) is 3.79. The fourth-order valence-electron chi connectivity index (χ4n) is 2.20. The van der Waals surface area contributed by atoms with E-state index in [0.717, 1.165) is 24.8 Å². The van der Waals surface area contributed by atoms with Gasteiger partial charge in [-0.05, 0) is 24.8 Å². The van der Waals surface area contributed by atoms with Crippen molar-refractivity contribution in [1.29, 1.82) is 0 Å². The summed E-state index contributed by atoms with van der Waals surface area (Å²) in [5, 5.41) is 9.56. The molecule has 1 aromatic rings. The van der Waals surface area contributed by atoms with Gasteiger partial charge in [0.15, 0.2) is 0 Å². The summed E-state index contributed by atoms with van der Waals surface area (Å²) in [5.74, 6) is -0.588. The van der Waals surface area contributed by atoms with Crippen molar-refractivity contribution in [2.24, 2.45) is 5.92 Å². The second kappa shape index (κ2) is 5.85. The number of carboxylic acids is 1. The maximum absolute atomic E-state index is 11.6. The Labute approximate surface area is 104 Å². The molecule has 0 saturated carbocycles. The number of rotatable bonds is 6. The second-order valence-corrected chi connectivity index (χ2v) is 4.92. The van der Waals surface area contributed by atoms with Crippen LogP contribution < -0.4 is 0 Å². The Morgan fingerprint density at radius 2 is 1.94 bits per heavy atom. The highest BCUT2D eigenvalue weighted by atomic mass is 16.4. The normalized spacial score (nSPS) is 16.2. The summed E-state index contributed by atoms with van der Waals surface area (Å²) in [7, 11) is 0. The molecule has 94 valence electrons. The first kappa shape index (κ1) is 13.8. The molecule has 2 heteroatoms. The third-order valence-electron chi connectivity index (χ3n) is 3.79. The Morgan fingerprint density at radius 3 is 2.41 bits per heavy atom. The number of carbonyl (C=O) groups is 1. The number of hydrogen-bond donors (Lipinski definition) is 1. The predicted molar refractivity (Wildman–Crippen MR) is 70.1 cm³/mol. The van der Waals surface area contributed by atoms with E-state index < -0.39 is 11.4 Å². The van der Waals surface area contributed by atoms with Gasteiger partial charge >= 0.3 is 5.97 Å². The summed E-state index contributed by atoms with van der Waals surface area (Å²) < 4.78 is 0. The average molecular weight is 234 g/mol. The average Bonchev–Trinajstić information content (AvgIpc) is 2.35. The van der Waals surface area contributed by atoms with Crippen LogP contribution in [0.15, 0.2) is 30.3 Å². The SMILES string of the molecule is CCCCC(C)C(C)(C(=O)O)c1ccccc1. The van der Waals surface area contributed by atoms with E-state index >= 15 is 0 Å². The zero-order chi connectivity index (χ0) is 12.9. The highest BCUT2D eigenvalue weighted by Crippen LogP contribution is 2.35. The van der Waals surface area contributed by atoms with Crippen molar-refractivity contribution < 1.29 is 9.90 Å². The van der Waals surface area contributed by atoms with Gasteiger partial charge in [0.2, 0.25) is 0 Å². The monoisotopic (exact) mass is 234 g/mol. The fourth-order valence-corrected chi connectivity index (χ4v) is 2.20. The van der Waals surface area contributed by atoms with Crippen LogP contribution in [0.4, 0.5) is 0 Å². The molecule has 0 radical (unpaired) electrons. The Morgan fingerprint density at radius 1 is 1.35 bits per heavy atom. The molecule has 2 atom stereocenters. The van der Waals surface area contributed by atoms with Crippen molar-refractivity contribution in [3.05, 3.63) is 35.9 Å². The van der Waals surface area contributed by atoms with E-state index in [0.29, 0.717) is 0 Å². The third kappa shape index (κ3) is 2.87. The van der Waals surface area contributed by atoms with Crippen LogP contribution >= 0.6 is 0 Å². The summed E-state index contributed by atoms with van der Waals surface area (Å²) in [5.41, 5.74) is 0.118. The first-order valence-electron chi connectivity index (χ1n) is 6.32. The smallest absolute Gasteiger partial charge is 0.314 e. The molecule has 2 unspecified atom stereocenters. The van der Waals surface area contributed by atoms with E-state index in [2.05, 4.69) is 6.92 Å². The topological polar surface area (TPSA) is 37.3 Å². The van der Waals surface area contributed by atoms with E-state index in [4.69, 9.17) is 0 Å². The van der Waals surface area contributed by atoms with Gasteiger partial charge in [-0.2, -0.15) is 0 Å². The summed E-state index contributed by atoms with van der Waals surface area (Å²) >= 11 is 0. The van der Waals surface area contributed by atoms with Crippen molar-refractivity contribution in [3.8, 4) is 0 Å². The molecule has 1 N–H and O–H groups in total. The molecule has 0 saturated heterocycles. The van der Waals surface area contributed by atoms with Gasteiger partial charge in [-0.15, -0.1) is 0 Å². The van der Waals surface area contributed by atoms with Crippen LogP contribution in [0.25, 0.3) is 0 Å². The Bertz CT molecular complexity index is 358. The fraction of sp³-hybridized carbons (Fsp3) is 0.533. The van der Waals surface area contributed by atoms with Gasteiger partial charge in [-0.1, -0.05) is 57.0 Å². The number of carboxylic acid groups (broad SMARTS) is 1. The van der Waals surface area contributed by atoms with E-state index in [1.807, 2.05) is 44.2 Å². The van der Waals surface area contributed by atoms with Crippen LogP contribution in [0.1, 0.15) is 45.6 Å². The number of aliphatic carboxylic acids is 1. The van der Waals surface area contributed by atoms with Crippen molar-refractivity contribution in [2.45, 2.75) is 45.4 Å². The highest BCUT2D eigenvalue weighted by molar-refractivity contribution is 5.81. The van der Waals surface area contributed by atoms with Gasteiger partial charge in [-0.3, -0.25) is 4.79 Å². The van der Waals surface area contributed by atoms with Gasteiger partial charge in [0.1, 0.15) is 0 Å². The largest absolute Gasteiger partial charge is 0.481 e. The number of unbranched alkanes of at least 4 members (excludes halogenated alkanes) is 1. The molecule has 0 aromatic heterocycles. The molecular weight excluding hydrogens is 212 g/mol. The lowest BCUT2D eigenvalue weighted by Crippen LogP contribution is -2.39. The van der Waals surface area contributed by atoms with Gasteiger partial charge in [-0.25, -0.2) is 0 Å². The first-order chi connectivity index (χ1) is 8.03. The van der Waals surface area contributed by atoms with E-state index in [9.17, 15) is 9.90 Å². The van der Waals surface area contributed by atoms with E-state index in [1.165, 1.54) is 0 Å². The lowest BCUT2D eigenvalue weighted by atomic mass is 9.71. The lowest BCUT2D eigenvalue weighted by molar-refractivity contribution is -0.145. The van der Waals surface area contributed by atoms with Crippen LogP contribution in [0, 0.1) is 5.92 Å². The minimum atomic E-state index is -0.781. The Hall–Kier alpha value is -1.31. The van der Waals surface area contributed by atoms with Crippen LogP contribution in [0.2, 0.25) is 0 Å². The number of hydrogen-bond acceptors (Lipinski definition) is 1. The predicted octanol–water partition coefficient (Wildman–Crippen LogP) is 3.86. The van der Waals surface area contributed by atoms with Crippen molar-refractivity contribution in [1.82, 2.24) is 0 Å². The van der Waals surface area contributed by atoms with Crippen LogP contribution in [-0.4, -0.2) is 11.1 Å². The molecule has 0 bridgehead atoms. The maximum atomic E-state index is 11.6. The lowest BCUT2D eigenvalue weighted by Gasteiger charge is -2.32. The van der Waals surface area contributed by atoms with Crippen LogP contribution in [0.5, 0.6) is 0 Å². The summed E-state index contributed by atoms with van der Waals surface area (Å²) in [6.45, 7) is 6.01. The van der Waals surface area contributed by atoms with Crippen LogP contribution in [-0.2, 0) is 10.2 Å². The van der Waals surface area contributed by atoms with Gasteiger partial charge in [0, 0.05) is 0 Å². The Kier molecular flexibility index (Phi) is 4.73. The zero-order valence-corrected chi connectivity index (χ0v) is 10.9. The molecule has 0 amide bonds. The molecule has 0 aliphatic carbocycles.